The fourth-order valence-electron chi connectivity index (χ4n) is 2.30. The van der Waals surface area contributed by atoms with Crippen LogP contribution in [-0.4, -0.2) is 22.3 Å². The first kappa shape index (κ1) is 16.3. The SMILES string of the molecule is CC(C)NC(C)(C#N)CCCSc1nc2ccccc2s1. The smallest absolute Gasteiger partial charge is 0.151 e. The lowest BCUT2D eigenvalue weighted by molar-refractivity contribution is 0.380. The number of hydrogen-bond acceptors (Lipinski definition) is 5. The number of nitrogens with one attached hydrogen (secondary N) is 1. The average Bonchev–Trinajstić information content (AvgIpc) is 2.85. The maximum Gasteiger partial charge on any atom is 0.151 e. The van der Waals surface area contributed by atoms with Crippen LogP contribution in [0.1, 0.15) is 33.6 Å². The number of para-hydroxylation sites is 1. The first-order chi connectivity index (χ1) is 10.0. The normalized spacial score (nSPS) is 14.2. The van der Waals surface area contributed by atoms with Crippen molar-refractivity contribution >= 4 is 33.3 Å². The Labute approximate surface area is 134 Å². The molecule has 112 valence electrons. The molecule has 1 atom stereocenters. The highest BCUT2D eigenvalue weighted by Crippen LogP contribution is 2.30. The standard InChI is InChI=1S/C16H21N3S2/c1-12(2)19-16(3,11-17)9-6-10-20-15-18-13-7-4-5-8-14(13)21-15/h4-5,7-8,12,19H,6,9-10H2,1-3H3. The monoisotopic (exact) mass is 319 g/mol. The van der Waals surface area contributed by atoms with Gasteiger partial charge >= 0.3 is 0 Å². The number of hydrogen-bond donors (Lipinski definition) is 1. The minimum absolute atomic E-state index is 0.326. The third-order valence-electron chi connectivity index (χ3n) is 3.17. The van der Waals surface area contributed by atoms with Gasteiger partial charge in [-0.2, -0.15) is 5.26 Å². The molecule has 0 saturated heterocycles. The van der Waals surface area contributed by atoms with E-state index in [1.54, 1.807) is 23.1 Å². The predicted octanol–water partition coefficient (Wildman–Crippen LogP) is 4.45. The van der Waals surface area contributed by atoms with Crippen molar-refractivity contribution < 1.29 is 0 Å². The molecule has 0 fully saturated rings. The summed E-state index contributed by atoms with van der Waals surface area (Å²) in [5.41, 5.74) is 0.649. The van der Waals surface area contributed by atoms with Crippen molar-refractivity contribution in [1.82, 2.24) is 10.3 Å². The van der Waals surface area contributed by atoms with E-state index in [9.17, 15) is 5.26 Å². The summed E-state index contributed by atoms with van der Waals surface area (Å²) in [6.45, 7) is 6.13. The summed E-state index contributed by atoms with van der Waals surface area (Å²) in [7, 11) is 0. The lowest BCUT2D eigenvalue weighted by Gasteiger charge is -2.25. The van der Waals surface area contributed by atoms with Crippen molar-refractivity contribution in [2.75, 3.05) is 5.75 Å². The molecule has 21 heavy (non-hydrogen) atoms. The van der Waals surface area contributed by atoms with E-state index in [1.165, 1.54) is 4.70 Å². The molecule has 2 aromatic rings. The Morgan fingerprint density at radius 2 is 2.19 bits per heavy atom. The largest absolute Gasteiger partial charge is 0.297 e. The van der Waals surface area contributed by atoms with Crippen molar-refractivity contribution in [2.24, 2.45) is 0 Å². The first-order valence-electron chi connectivity index (χ1n) is 7.20. The molecule has 0 amide bonds. The van der Waals surface area contributed by atoms with E-state index in [1.807, 2.05) is 19.1 Å². The Bertz CT molecular complexity index is 597. The molecule has 1 heterocycles. The van der Waals surface area contributed by atoms with Crippen LogP contribution in [0.2, 0.25) is 0 Å². The molecule has 1 unspecified atom stereocenters. The van der Waals surface area contributed by atoms with E-state index in [0.29, 0.717) is 6.04 Å². The van der Waals surface area contributed by atoms with Crippen LogP contribution in [0.3, 0.4) is 0 Å². The first-order valence-corrected chi connectivity index (χ1v) is 9.00. The van der Waals surface area contributed by atoms with Crippen molar-refractivity contribution in [3.8, 4) is 6.07 Å². The van der Waals surface area contributed by atoms with Gasteiger partial charge in [-0.15, -0.1) is 11.3 Å². The van der Waals surface area contributed by atoms with Gasteiger partial charge in [0.25, 0.3) is 0 Å². The summed E-state index contributed by atoms with van der Waals surface area (Å²) in [5, 5.41) is 12.7. The predicted molar refractivity (Wildman–Crippen MR) is 91.9 cm³/mol. The highest BCUT2D eigenvalue weighted by atomic mass is 32.2. The summed E-state index contributed by atoms with van der Waals surface area (Å²) < 4.78 is 2.36. The van der Waals surface area contributed by atoms with Gasteiger partial charge < -0.3 is 0 Å². The van der Waals surface area contributed by atoms with Gasteiger partial charge in [0.1, 0.15) is 5.54 Å². The summed E-state index contributed by atoms with van der Waals surface area (Å²) >= 11 is 3.53. The second kappa shape index (κ2) is 7.26. The van der Waals surface area contributed by atoms with Crippen LogP contribution in [0, 0.1) is 11.3 Å². The molecule has 3 nitrogen and oxygen atoms in total. The number of rotatable bonds is 7. The van der Waals surface area contributed by atoms with E-state index >= 15 is 0 Å². The summed E-state index contributed by atoms with van der Waals surface area (Å²) in [6.07, 6.45) is 1.87. The van der Waals surface area contributed by atoms with E-state index < -0.39 is 5.54 Å². The number of aromatic nitrogens is 1. The Kier molecular flexibility index (Phi) is 5.63. The minimum atomic E-state index is -0.428. The molecule has 0 spiro atoms. The van der Waals surface area contributed by atoms with Crippen molar-refractivity contribution in [2.45, 2.75) is 49.5 Å². The molecule has 0 saturated carbocycles. The van der Waals surface area contributed by atoms with Crippen LogP contribution in [0.25, 0.3) is 10.2 Å². The van der Waals surface area contributed by atoms with Gasteiger partial charge in [-0.3, -0.25) is 5.32 Å². The highest BCUT2D eigenvalue weighted by Gasteiger charge is 2.23. The minimum Gasteiger partial charge on any atom is -0.297 e. The summed E-state index contributed by atoms with van der Waals surface area (Å²) in [6, 6.07) is 10.9. The van der Waals surface area contributed by atoms with E-state index in [-0.39, 0.29) is 0 Å². The molecule has 5 heteroatoms. The van der Waals surface area contributed by atoms with Crippen LogP contribution in [0.4, 0.5) is 0 Å². The summed E-state index contributed by atoms with van der Waals surface area (Å²) in [5.74, 6) is 0.997. The van der Waals surface area contributed by atoms with Crippen LogP contribution in [0.5, 0.6) is 0 Å². The van der Waals surface area contributed by atoms with E-state index in [2.05, 4.69) is 42.4 Å². The second-order valence-electron chi connectivity index (χ2n) is 5.64. The Balaban J connectivity index is 1.83. The Morgan fingerprint density at radius 1 is 1.43 bits per heavy atom. The van der Waals surface area contributed by atoms with E-state index in [4.69, 9.17) is 0 Å². The van der Waals surface area contributed by atoms with Gasteiger partial charge in [0.05, 0.1) is 16.3 Å². The third kappa shape index (κ3) is 4.70. The maximum absolute atomic E-state index is 9.32. The quantitative estimate of drug-likeness (QED) is 0.605. The number of fused-ring (bicyclic) bond motifs is 1. The average molecular weight is 319 g/mol. The number of thioether (sulfide) groups is 1. The van der Waals surface area contributed by atoms with Crippen LogP contribution < -0.4 is 5.32 Å². The zero-order valence-electron chi connectivity index (χ0n) is 12.7. The molecule has 2 rings (SSSR count). The van der Waals surface area contributed by atoms with Crippen molar-refractivity contribution in [3.05, 3.63) is 24.3 Å². The van der Waals surface area contributed by atoms with Crippen LogP contribution in [-0.2, 0) is 0 Å². The molecule has 1 aromatic heterocycles. The molecule has 0 bridgehead atoms. The fraction of sp³-hybridized carbons (Fsp3) is 0.500. The highest BCUT2D eigenvalue weighted by molar-refractivity contribution is 8.01. The molecule has 1 aromatic carbocycles. The molecule has 0 radical (unpaired) electrons. The van der Waals surface area contributed by atoms with Crippen LogP contribution >= 0.6 is 23.1 Å². The number of thiazole rings is 1. The lowest BCUT2D eigenvalue weighted by Crippen LogP contribution is -2.44. The maximum atomic E-state index is 9.32. The van der Waals surface area contributed by atoms with E-state index in [0.717, 1.165) is 28.5 Å². The molecule has 0 aliphatic carbocycles. The Morgan fingerprint density at radius 3 is 2.86 bits per heavy atom. The van der Waals surface area contributed by atoms with Crippen molar-refractivity contribution in [3.63, 3.8) is 0 Å². The molecule has 0 aliphatic heterocycles. The zero-order chi connectivity index (χ0) is 15.3. The summed E-state index contributed by atoms with van der Waals surface area (Å²) in [4.78, 5) is 4.62. The van der Waals surface area contributed by atoms with Gasteiger partial charge in [-0.25, -0.2) is 4.98 Å². The number of benzene rings is 1. The van der Waals surface area contributed by atoms with Gasteiger partial charge in [0.15, 0.2) is 4.34 Å². The van der Waals surface area contributed by atoms with Gasteiger partial charge in [0.2, 0.25) is 0 Å². The number of nitrogens with zero attached hydrogens (tertiary/aromatic N) is 2. The molecule has 0 aliphatic rings. The molecular weight excluding hydrogens is 298 g/mol. The molecule has 1 N–H and O–H groups in total. The fourth-order valence-corrected chi connectivity index (χ4v) is 4.37. The van der Waals surface area contributed by atoms with Crippen molar-refractivity contribution in [1.29, 1.82) is 5.26 Å². The van der Waals surface area contributed by atoms with Gasteiger partial charge in [0, 0.05) is 11.8 Å². The van der Waals surface area contributed by atoms with Crippen LogP contribution in [0.15, 0.2) is 28.6 Å². The Hall–Kier alpha value is -1.09. The zero-order valence-corrected chi connectivity index (χ0v) is 14.4. The molecular formula is C16H21N3S2. The number of nitriles is 1. The third-order valence-corrected chi connectivity index (χ3v) is 5.44. The second-order valence-corrected chi connectivity index (χ2v) is 8.02. The van der Waals surface area contributed by atoms with Gasteiger partial charge in [-0.1, -0.05) is 23.9 Å². The topological polar surface area (TPSA) is 48.7 Å². The van der Waals surface area contributed by atoms with Gasteiger partial charge in [-0.05, 0) is 45.7 Å². The lowest BCUT2D eigenvalue weighted by atomic mass is 9.97.